The number of amides is 1. The van der Waals surface area contributed by atoms with Crippen molar-refractivity contribution in [2.45, 2.75) is 71.3 Å². The van der Waals surface area contributed by atoms with Gasteiger partial charge in [-0.05, 0) is 50.4 Å². The number of hydrogen-bond acceptors (Lipinski definition) is 2. The average Bonchev–Trinajstić information content (AvgIpc) is 2.71. The molecule has 1 aliphatic heterocycles. The van der Waals surface area contributed by atoms with Gasteiger partial charge in [-0.3, -0.25) is 4.79 Å². The number of nitrogens with zero attached hydrogens (tertiary/aromatic N) is 1. The Bertz CT molecular complexity index is 297. The van der Waals surface area contributed by atoms with Crippen molar-refractivity contribution >= 4 is 5.91 Å². The van der Waals surface area contributed by atoms with E-state index in [0.29, 0.717) is 18.5 Å². The molecule has 1 saturated carbocycles. The van der Waals surface area contributed by atoms with Gasteiger partial charge in [0.25, 0.3) is 0 Å². The lowest BCUT2D eigenvalue weighted by molar-refractivity contribution is -0.131. The normalized spacial score (nSPS) is 28.4. The second kappa shape index (κ2) is 8.02. The fourth-order valence-corrected chi connectivity index (χ4v) is 3.69. The zero-order valence-electron chi connectivity index (χ0n) is 13.4. The molecular weight excluding hydrogens is 248 g/mol. The topological polar surface area (TPSA) is 32.3 Å². The predicted molar refractivity (Wildman–Crippen MR) is 83.6 cm³/mol. The van der Waals surface area contributed by atoms with E-state index >= 15 is 0 Å². The highest BCUT2D eigenvalue weighted by Crippen LogP contribution is 2.28. The number of rotatable bonds is 4. The van der Waals surface area contributed by atoms with Crippen molar-refractivity contribution < 1.29 is 4.79 Å². The van der Waals surface area contributed by atoms with Gasteiger partial charge in [0.2, 0.25) is 5.91 Å². The fraction of sp³-hybridized carbons (Fsp3) is 0.941. The summed E-state index contributed by atoms with van der Waals surface area (Å²) < 4.78 is 0. The van der Waals surface area contributed by atoms with E-state index in [1.165, 1.54) is 51.4 Å². The van der Waals surface area contributed by atoms with Gasteiger partial charge in [0, 0.05) is 19.1 Å². The van der Waals surface area contributed by atoms with E-state index < -0.39 is 0 Å². The van der Waals surface area contributed by atoms with E-state index in [-0.39, 0.29) is 0 Å². The molecule has 2 fully saturated rings. The van der Waals surface area contributed by atoms with E-state index in [2.05, 4.69) is 19.2 Å². The molecule has 1 saturated heterocycles. The molecule has 1 N–H and O–H groups in total. The van der Waals surface area contributed by atoms with Gasteiger partial charge in [0.15, 0.2) is 0 Å². The van der Waals surface area contributed by atoms with Gasteiger partial charge in [-0.15, -0.1) is 0 Å². The van der Waals surface area contributed by atoms with Crippen molar-refractivity contribution in [1.29, 1.82) is 0 Å². The third-order valence-corrected chi connectivity index (χ3v) is 5.21. The summed E-state index contributed by atoms with van der Waals surface area (Å²) in [6.45, 7) is 7.19. The second-order valence-corrected chi connectivity index (χ2v) is 7.03. The van der Waals surface area contributed by atoms with Gasteiger partial charge in [-0.25, -0.2) is 0 Å². The van der Waals surface area contributed by atoms with Crippen LogP contribution in [-0.4, -0.2) is 36.5 Å². The Balaban J connectivity index is 1.69. The zero-order valence-corrected chi connectivity index (χ0v) is 13.4. The summed E-state index contributed by atoms with van der Waals surface area (Å²) in [5.74, 6) is 2.01. The van der Waals surface area contributed by atoms with Crippen molar-refractivity contribution in [2.75, 3.05) is 19.6 Å². The monoisotopic (exact) mass is 280 g/mol. The molecule has 0 bridgehead atoms. The van der Waals surface area contributed by atoms with E-state index in [1.54, 1.807) is 0 Å². The lowest BCUT2D eigenvalue weighted by Crippen LogP contribution is -2.43. The highest BCUT2D eigenvalue weighted by molar-refractivity contribution is 5.78. The first kappa shape index (κ1) is 15.8. The van der Waals surface area contributed by atoms with Crippen molar-refractivity contribution in [3.63, 3.8) is 0 Å². The minimum absolute atomic E-state index is 0.314. The lowest BCUT2D eigenvalue weighted by Gasteiger charge is -2.27. The SMILES string of the molecule is CC(C)C1CCCC(NCC(=O)N2CCCCC2)CC1. The van der Waals surface area contributed by atoms with E-state index in [9.17, 15) is 4.79 Å². The summed E-state index contributed by atoms with van der Waals surface area (Å²) in [6, 6.07) is 0.562. The van der Waals surface area contributed by atoms with Crippen molar-refractivity contribution in [2.24, 2.45) is 11.8 Å². The van der Waals surface area contributed by atoms with Crippen LogP contribution in [0.5, 0.6) is 0 Å². The molecule has 2 rings (SSSR count). The Kier molecular flexibility index (Phi) is 6.34. The fourth-order valence-electron chi connectivity index (χ4n) is 3.69. The second-order valence-electron chi connectivity index (χ2n) is 7.03. The summed E-state index contributed by atoms with van der Waals surface area (Å²) in [5.41, 5.74) is 0. The van der Waals surface area contributed by atoms with Crippen molar-refractivity contribution in [3.05, 3.63) is 0 Å². The van der Waals surface area contributed by atoms with Crippen LogP contribution < -0.4 is 5.32 Å². The summed E-state index contributed by atoms with van der Waals surface area (Å²) >= 11 is 0. The lowest BCUT2D eigenvalue weighted by atomic mass is 9.89. The quantitative estimate of drug-likeness (QED) is 0.802. The molecule has 1 heterocycles. The molecular formula is C17H32N2O. The number of carbonyl (C=O) groups excluding carboxylic acids is 1. The Morgan fingerprint density at radius 1 is 1.05 bits per heavy atom. The van der Waals surface area contributed by atoms with E-state index in [4.69, 9.17) is 0 Å². The van der Waals surface area contributed by atoms with Gasteiger partial charge < -0.3 is 10.2 Å². The molecule has 0 aromatic rings. The van der Waals surface area contributed by atoms with E-state index in [1.807, 2.05) is 4.90 Å². The van der Waals surface area contributed by atoms with Crippen LogP contribution in [0.25, 0.3) is 0 Å². The molecule has 0 aromatic heterocycles. The first-order valence-electron chi connectivity index (χ1n) is 8.68. The molecule has 116 valence electrons. The highest BCUT2D eigenvalue weighted by Gasteiger charge is 2.22. The molecule has 0 radical (unpaired) electrons. The molecule has 20 heavy (non-hydrogen) atoms. The average molecular weight is 280 g/mol. The predicted octanol–water partition coefficient (Wildman–Crippen LogP) is 3.19. The Labute approximate surface area is 124 Å². The molecule has 2 aliphatic rings. The summed E-state index contributed by atoms with van der Waals surface area (Å²) in [4.78, 5) is 14.2. The highest BCUT2D eigenvalue weighted by atomic mass is 16.2. The van der Waals surface area contributed by atoms with Crippen LogP contribution in [0.3, 0.4) is 0 Å². The molecule has 0 aromatic carbocycles. The summed E-state index contributed by atoms with van der Waals surface area (Å²) in [5, 5.41) is 3.53. The Morgan fingerprint density at radius 3 is 2.50 bits per heavy atom. The minimum atomic E-state index is 0.314. The van der Waals surface area contributed by atoms with Gasteiger partial charge in [0.05, 0.1) is 6.54 Å². The van der Waals surface area contributed by atoms with Gasteiger partial charge in [0.1, 0.15) is 0 Å². The first-order chi connectivity index (χ1) is 9.66. The molecule has 1 aliphatic carbocycles. The first-order valence-corrected chi connectivity index (χ1v) is 8.68. The number of likely N-dealkylation sites (tertiary alicyclic amines) is 1. The number of hydrogen-bond donors (Lipinski definition) is 1. The molecule has 2 unspecified atom stereocenters. The number of nitrogens with one attached hydrogen (secondary N) is 1. The summed E-state index contributed by atoms with van der Waals surface area (Å²) in [7, 11) is 0. The molecule has 0 spiro atoms. The molecule has 1 amide bonds. The molecule has 3 heteroatoms. The van der Waals surface area contributed by atoms with Gasteiger partial charge >= 0.3 is 0 Å². The maximum absolute atomic E-state index is 12.2. The summed E-state index contributed by atoms with van der Waals surface area (Å²) in [6.07, 6.45) is 10.2. The van der Waals surface area contributed by atoms with Gasteiger partial charge in [-0.1, -0.05) is 26.7 Å². The van der Waals surface area contributed by atoms with Crippen LogP contribution in [0.15, 0.2) is 0 Å². The Morgan fingerprint density at radius 2 is 1.80 bits per heavy atom. The number of carbonyl (C=O) groups is 1. The van der Waals surface area contributed by atoms with Crippen LogP contribution in [0, 0.1) is 11.8 Å². The standard InChI is InChI=1S/C17H32N2O/c1-14(2)15-7-6-8-16(10-9-15)18-13-17(20)19-11-4-3-5-12-19/h14-16,18H,3-13H2,1-2H3. The van der Waals surface area contributed by atoms with Crippen LogP contribution in [-0.2, 0) is 4.79 Å². The van der Waals surface area contributed by atoms with E-state index in [0.717, 1.165) is 24.9 Å². The zero-order chi connectivity index (χ0) is 14.4. The van der Waals surface area contributed by atoms with Crippen molar-refractivity contribution in [3.8, 4) is 0 Å². The van der Waals surface area contributed by atoms with Crippen LogP contribution in [0.4, 0.5) is 0 Å². The smallest absolute Gasteiger partial charge is 0.236 e. The molecule has 3 nitrogen and oxygen atoms in total. The number of piperidine rings is 1. The van der Waals surface area contributed by atoms with Gasteiger partial charge in [-0.2, -0.15) is 0 Å². The van der Waals surface area contributed by atoms with Crippen molar-refractivity contribution in [1.82, 2.24) is 10.2 Å². The van der Waals surface area contributed by atoms with Crippen LogP contribution in [0.1, 0.15) is 65.2 Å². The maximum Gasteiger partial charge on any atom is 0.236 e. The minimum Gasteiger partial charge on any atom is -0.342 e. The Hall–Kier alpha value is -0.570. The van der Waals surface area contributed by atoms with Crippen LogP contribution >= 0.6 is 0 Å². The largest absolute Gasteiger partial charge is 0.342 e. The maximum atomic E-state index is 12.2. The van der Waals surface area contributed by atoms with Crippen LogP contribution in [0.2, 0.25) is 0 Å². The third-order valence-electron chi connectivity index (χ3n) is 5.21. The third kappa shape index (κ3) is 4.76. The molecule has 2 atom stereocenters.